The average molecular weight is 590 g/mol. The number of rotatable bonds is 12. The third-order valence-electron chi connectivity index (χ3n) is 5.32. The Morgan fingerprint density at radius 3 is 2.32 bits per heavy atom. The van der Waals surface area contributed by atoms with Crippen molar-refractivity contribution in [1.29, 1.82) is 0 Å². The van der Waals surface area contributed by atoms with Crippen LogP contribution in [0.4, 0.5) is 0 Å². The summed E-state index contributed by atoms with van der Waals surface area (Å²) in [5, 5.41) is 2.54. The van der Waals surface area contributed by atoms with Crippen LogP contribution in [0.3, 0.4) is 0 Å². The summed E-state index contributed by atoms with van der Waals surface area (Å²) in [6.07, 6.45) is -0.370. The SMILES string of the molecule is CCOC(=O)C(NC(=O)c1cccc(OC)c1)Oc1ccc(CCCS(=O)(=O)c2ccc(Br)cc2)cc1. The predicted molar refractivity (Wildman–Crippen MR) is 142 cm³/mol. The second kappa shape index (κ2) is 13.3. The van der Waals surface area contributed by atoms with Gasteiger partial charge in [-0.25, -0.2) is 13.2 Å². The van der Waals surface area contributed by atoms with E-state index in [-0.39, 0.29) is 12.4 Å². The molecule has 0 saturated heterocycles. The van der Waals surface area contributed by atoms with E-state index in [9.17, 15) is 18.0 Å². The fourth-order valence-corrected chi connectivity index (χ4v) is 4.99. The molecule has 3 aromatic rings. The van der Waals surface area contributed by atoms with Gasteiger partial charge in [0.1, 0.15) is 11.5 Å². The molecule has 0 aromatic heterocycles. The van der Waals surface area contributed by atoms with Crippen molar-refractivity contribution in [3.8, 4) is 11.5 Å². The van der Waals surface area contributed by atoms with Gasteiger partial charge in [0.2, 0.25) is 0 Å². The standard InChI is InChI=1S/C27H28BrNO7S/c1-3-35-27(31)26(29-25(30)20-7-4-8-23(18-20)34-2)36-22-13-9-19(10-14-22)6-5-17-37(32,33)24-15-11-21(28)12-16-24/h4,7-16,18,26H,3,5-6,17H2,1-2H3,(H,29,30). The number of halogens is 1. The number of amides is 1. The molecule has 1 atom stereocenters. The van der Waals surface area contributed by atoms with Crippen LogP contribution in [0.25, 0.3) is 0 Å². The molecule has 0 bridgehead atoms. The van der Waals surface area contributed by atoms with Gasteiger partial charge >= 0.3 is 5.97 Å². The zero-order valence-corrected chi connectivity index (χ0v) is 22.9. The van der Waals surface area contributed by atoms with Crippen molar-refractivity contribution in [2.24, 2.45) is 0 Å². The maximum atomic E-state index is 12.7. The molecule has 196 valence electrons. The Kier molecular flexibility index (Phi) is 10.1. The van der Waals surface area contributed by atoms with E-state index in [0.29, 0.717) is 34.8 Å². The molecule has 0 spiro atoms. The molecule has 0 aliphatic carbocycles. The van der Waals surface area contributed by atoms with E-state index in [1.54, 1.807) is 79.7 Å². The van der Waals surface area contributed by atoms with Crippen molar-refractivity contribution < 1.29 is 32.2 Å². The van der Waals surface area contributed by atoms with Crippen molar-refractivity contribution >= 4 is 37.6 Å². The highest BCUT2D eigenvalue weighted by Gasteiger charge is 2.25. The Morgan fingerprint density at radius 1 is 0.973 bits per heavy atom. The van der Waals surface area contributed by atoms with Gasteiger partial charge in [0, 0.05) is 10.0 Å². The largest absolute Gasteiger partial charge is 0.497 e. The molecule has 0 aliphatic rings. The molecule has 1 unspecified atom stereocenters. The van der Waals surface area contributed by atoms with Gasteiger partial charge in [-0.05, 0) is 79.9 Å². The van der Waals surface area contributed by atoms with Crippen LogP contribution in [-0.4, -0.2) is 46.0 Å². The lowest BCUT2D eigenvalue weighted by molar-refractivity contribution is -0.152. The summed E-state index contributed by atoms with van der Waals surface area (Å²) >= 11 is 3.30. The number of ether oxygens (including phenoxy) is 3. The van der Waals surface area contributed by atoms with E-state index >= 15 is 0 Å². The molecule has 3 aromatic carbocycles. The van der Waals surface area contributed by atoms with Gasteiger partial charge in [-0.3, -0.25) is 4.79 Å². The number of benzene rings is 3. The molecule has 1 amide bonds. The van der Waals surface area contributed by atoms with E-state index in [0.717, 1.165) is 10.0 Å². The van der Waals surface area contributed by atoms with Crippen molar-refractivity contribution in [3.63, 3.8) is 0 Å². The van der Waals surface area contributed by atoms with Crippen molar-refractivity contribution in [3.05, 3.63) is 88.4 Å². The van der Waals surface area contributed by atoms with Gasteiger partial charge in [0.15, 0.2) is 9.84 Å². The zero-order valence-electron chi connectivity index (χ0n) is 20.5. The Balaban J connectivity index is 1.60. The molecule has 10 heteroatoms. The highest BCUT2D eigenvalue weighted by atomic mass is 79.9. The van der Waals surface area contributed by atoms with Gasteiger partial charge in [0.05, 0.1) is 24.4 Å². The summed E-state index contributed by atoms with van der Waals surface area (Å²) < 4.78 is 41.8. The zero-order chi connectivity index (χ0) is 26.8. The molecular formula is C27H28BrNO7S. The molecule has 1 N–H and O–H groups in total. The van der Waals surface area contributed by atoms with Crippen LogP contribution in [0.1, 0.15) is 29.3 Å². The molecule has 8 nitrogen and oxygen atoms in total. The second-order valence-corrected chi connectivity index (χ2v) is 11.0. The summed E-state index contributed by atoms with van der Waals surface area (Å²) in [5.41, 5.74) is 1.21. The Morgan fingerprint density at radius 2 is 1.68 bits per heavy atom. The fourth-order valence-electron chi connectivity index (χ4n) is 3.42. The van der Waals surface area contributed by atoms with E-state index in [1.165, 1.54) is 7.11 Å². The summed E-state index contributed by atoms with van der Waals surface area (Å²) in [4.78, 5) is 25.4. The molecule has 0 fully saturated rings. The van der Waals surface area contributed by atoms with Gasteiger partial charge in [-0.2, -0.15) is 0 Å². The van der Waals surface area contributed by atoms with E-state index < -0.39 is 27.9 Å². The van der Waals surface area contributed by atoms with Gasteiger partial charge in [-0.1, -0.05) is 34.1 Å². The maximum absolute atomic E-state index is 12.7. The third kappa shape index (κ3) is 8.33. The number of carbonyl (C=O) groups excluding carboxylic acids is 2. The maximum Gasteiger partial charge on any atom is 0.369 e. The summed E-state index contributed by atoms with van der Waals surface area (Å²) in [6, 6.07) is 20.0. The highest BCUT2D eigenvalue weighted by molar-refractivity contribution is 9.10. The van der Waals surface area contributed by atoms with Crippen LogP contribution in [-0.2, 0) is 25.8 Å². The molecule has 0 saturated carbocycles. The number of hydrogen-bond donors (Lipinski definition) is 1. The number of aryl methyl sites for hydroxylation is 1. The lowest BCUT2D eigenvalue weighted by Crippen LogP contribution is -2.46. The Bertz CT molecular complexity index is 1310. The average Bonchev–Trinajstić information content (AvgIpc) is 2.89. The van der Waals surface area contributed by atoms with Gasteiger partial charge in [0.25, 0.3) is 12.1 Å². The summed E-state index contributed by atoms with van der Waals surface area (Å²) in [7, 11) is -1.88. The van der Waals surface area contributed by atoms with Crippen LogP contribution in [0.2, 0.25) is 0 Å². The van der Waals surface area contributed by atoms with Gasteiger partial charge in [-0.15, -0.1) is 0 Å². The minimum absolute atomic E-state index is 0.0219. The third-order valence-corrected chi connectivity index (χ3v) is 7.67. The van der Waals surface area contributed by atoms with E-state index in [2.05, 4.69) is 21.2 Å². The first kappa shape index (κ1) is 28.2. The lowest BCUT2D eigenvalue weighted by atomic mass is 10.1. The van der Waals surface area contributed by atoms with Crippen LogP contribution in [0.5, 0.6) is 11.5 Å². The molecular weight excluding hydrogens is 562 g/mol. The molecule has 0 heterocycles. The molecule has 3 rings (SSSR count). The monoisotopic (exact) mass is 589 g/mol. The van der Waals surface area contributed by atoms with Gasteiger partial charge < -0.3 is 19.5 Å². The van der Waals surface area contributed by atoms with Crippen LogP contribution in [0, 0.1) is 0 Å². The fraction of sp³-hybridized carbons (Fsp3) is 0.259. The topological polar surface area (TPSA) is 108 Å². The van der Waals surface area contributed by atoms with Crippen LogP contribution < -0.4 is 14.8 Å². The van der Waals surface area contributed by atoms with Crippen LogP contribution >= 0.6 is 15.9 Å². The van der Waals surface area contributed by atoms with Crippen molar-refractivity contribution in [1.82, 2.24) is 5.32 Å². The Labute approximate surface area is 225 Å². The number of esters is 1. The summed E-state index contributed by atoms with van der Waals surface area (Å²) in [6.45, 7) is 1.78. The highest BCUT2D eigenvalue weighted by Crippen LogP contribution is 2.19. The summed E-state index contributed by atoms with van der Waals surface area (Å²) in [5.74, 6) is -0.396. The number of nitrogens with one attached hydrogen (secondary N) is 1. The first-order valence-electron chi connectivity index (χ1n) is 11.6. The van der Waals surface area contributed by atoms with Crippen molar-refractivity contribution in [2.45, 2.75) is 30.9 Å². The lowest BCUT2D eigenvalue weighted by Gasteiger charge is -2.19. The molecule has 0 radical (unpaired) electrons. The van der Waals surface area contributed by atoms with E-state index in [4.69, 9.17) is 14.2 Å². The normalized spacial score (nSPS) is 11.9. The number of carbonyl (C=O) groups is 2. The van der Waals surface area contributed by atoms with Crippen molar-refractivity contribution in [2.75, 3.05) is 19.5 Å². The predicted octanol–water partition coefficient (Wildman–Crippen LogP) is 4.56. The first-order chi connectivity index (χ1) is 17.7. The Hall–Kier alpha value is -3.37. The quantitative estimate of drug-likeness (QED) is 0.243. The molecule has 0 aliphatic heterocycles. The number of methoxy groups -OCH3 is 1. The second-order valence-electron chi connectivity index (χ2n) is 7.98. The smallest absolute Gasteiger partial charge is 0.369 e. The minimum Gasteiger partial charge on any atom is -0.497 e. The first-order valence-corrected chi connectivity index (χ1v) is 14.0. The number of hydrogen-bond acceptors (Lipinski definition) is 7. The molecule has 37 heavy (non-hydrogen) atoms. The number of sulfone groups is 1. The minimum atomic E-state index is -3.37. The van der Waals surface area contributed by atoms with Crippen LogP contribution in [0.15, 0.2) is 82.2 Å². The van der Waals surface area contributed by atoms with E-state index in [1.807, 2.05) is 0 Å².